The lowest BCUT2D eigenvalue weighted by molar-refractivity contribution is -0.144. The predicted octanol–water partition coefficient (Wildman–Crippen LogP) is -2.01. The third kappa shape index (κ3) is 8.16. The van der Waals surface area contributed by atoms with Crippen LogP contribution < -0.4 is 0 Å². The Labute approximate surface area is 75.3 Å². The van der Waals surface area contributed by atoms with Crippen molar-refractivity contribution in [3.8, 4) is 0 Å². The van der Waals surface area contributed by atoms with Crippen LogP contribution in [0.2, 0.25) is 0 Å². The molecule has 0 heterocycles. The van der Waals surface area contributed by atoms with Crippen molar-refractivity contribution in [1.29, 1.82) is 0 Å². The number of carbonyl (C=O) groups is 1. The average molecular weight is 160 g/mol. The van der Waals surface area contributed by atoms with E-state index in [1.54, 1.807) is 0 Å². The first-order valence-corrected chi connectivity index (χ1v) is 2.59. The summed E-state index contributed by atoms with van der Waals surface area (Å²) in [7, 11) is 0. The van der Waals surface area contributed by atoms with Crippen LogP contribution in [0.4, 0.5) is 0 Å². The van der Waals surface area contributed by atoms with Crippen LogP contribution in [0.25, 0.3) is 0 Å². The fourth-order valence-electron chi connectivity index (χ4n) is 0.266. The maximum atomic E-state index is 10.0. The topological polar surface area (TPSA) is 66.8 Å². The summed E-state index contributed by atoms with van der Waals surface area (Å²) in [5.41, 5.74) is 0. The highest BCUT2D eigenvalue weighted by atomic mass is 24.3. The second kappa shape index (κ2) is 7.27. The third-order valence-corrected chi connectivity index (χ3v) is 0.690. The minimum absolute atomic E-state index is 0. The van der Waals surface area contributed by atoms with Gasteiger partial charge in [0, 0.05) is 6.92 Å². The standard InChI is InChI=1S/C5H10O4.Mg.2H/c1-4(7)9-3-5(8)2-6;;;/h5-6,8H,2-3H2,1H3;;;. The summed E-state index contributed by atoms with van der Waals surface area (Å²) in [5.74, 6) is -0.456. The average Bonchev–Trinajstić information content (AvgIpc) is 1.83. The molecule has 0 rings (SSSR count). The monoisotopic (exact) mass is 160 g/mol. The molecule has 4 nitrogen and oxygen atoms in total. The highest BCUT2D eigenvalue weighted by Gasteiger charge is 2.02. The Morgan fingerprint density at radius 1 is 1.70 bits per heavy atom. The van der Waals surface area contributed by atoms with Gasteiger partial charge in [-0.3, -0.25) is 4.79 Å². The van der Waals surface area contributed by atoms with Crippen LogP contribution in [-0.2, 0) is 9.53 Å². The third-order valence-electron chi connectivity index (χ3n) is 0.690. The van der Waals surface area contributed by atoms with Gasteiger partial charge in [-0.15, -0.1) is 0 Å². The summed E-state index contributed by atoms with van der Waals surface area (Å²) in [6.07, 6.45) is -0.950. The fraction of sp³-hybridized carbons (Fsp3) is 0.800. The smallest absolute Gasteiger partial charge is 0.316 e. The lowest BCUT2D eigenvalue weighted by Gasteiger charge is -2.05. The highest BCUT2D eigenvalue weighted by molar-refractivity contribution is 5.75. The van der Waals surface area contributed by atoms with Gasteiger partial charge in [0.2, 0.25) is 0 Å². The van der Waals surface area contributed by atoms with E-state index < -0.39 is 12.1 Å². The molecule has 2 N–H and O–H groups in total. The summed E-state index contributed by atoms with van der Waals surface area (Å²) >= 11 is 0. The van der Waals surface area contributed by atoms with Crippen LogP contribution in [0.1, 0.15) is 6.92 Å². The first-order valence-electron chi connectivity index (χ1n) is 2.59. The predicted molar refractivity (Wildman–Crippen MR) is 38.3 cm³/mol. The maximum absolute atomic E-state index is 10.0. The van der Waals surface area contributed by atoms with Gasteiger partial charge in [-0.1, -0.05) is 0 Å². The second-order valence-electron chi connectivity index (χ2n) is 1.64. The lowest BCUT2D eigenvalue weighted by atomic mass is 10.4. The molecule has 58 valence electrons. The Bertz CT molecular complexity index is 95.6. The van der Waals surface area contributed by atoms with Crippen molar-refractivity contribution >= 4 is 29.0 Å². The number of aliphatic hydroxyl groups is 2. The Morgan fingerprint density at radius 3 is 2.50 bits per heavy atom. The largest absolute Gasteiger partial charge is 0.463 e. The normalized spacial score (nSPS) is 11.5. The summed E-state index contributed by atoms with van der Waals surface area (Å²) in [6, 6.07) is 0. The highest BCUT2D eigenvalue weighted by Crippen LogP contribution is 1.82. The number of esters is 1. The molecule has 5 heteroatoms. The van der Waals surface area contributed by atoms with Crippen LogP contribution in [-0.4, -0.2) is 58.6 Å². The summed E-state index contributed by atoms with van der Waals surface area (Å²) in [5, 5.41) is 16.8. The molecule has 0 aromatic rings. The van der Waals surface area contributed by atoms with Gasteiger partial charge in [-0.25, -0.2) is 0 Å². The number of ether oxygens (including phenoxy) is 1. The molecule has 1 atom stereocenters. The number of rotatable bonds is 3. The molecule has 0 aromatic heterocycles. The van der Waals surface area contributed by atoms with Gasteiger partial charge in [0.15, 0.2) is 0 Å². The molecule has 0 bridgehead atoms. The van der Waals surface area contributed by atoms with E-state index >= 15 is 0 Å². The van der Waals surface area contributed by atoms with Gasteiger partial charge in [-0.05, 0) is 0 Å². The van der Waals surface area contributed by atoms with Crippen molar-refractivity contribution in [2.45, 2.75) is 13.0 Å². The van der Waals surface area contributed by atoms with E-state index in [1.807, 2.05) is 0 Å². The molecule has 0 aliphatic rings. The Morgan fingerprint density at radius 2 is 2.20 bits per heavy atom. The van der Waals surface area contributed by atoms with Gasteiger partial charge in [-0.2, -0.15) is 0 Å². The van der Waals surface area contributed by atoms with E-state index in [4.69, 9.17) is 10.2 Å². The summed E-state index contributed by atoms with van der Waals surface area (Å²) < 4.78 is 4.35. The molecular weight excluding hydrogens is 148 g/mol. The molecule has 0 aliphatic heterocycles. The van der Waals surface area contributed by atoms with E-state index in [-0.39, 0.29) is 36.3 Å². The molecule has 10 heavy (non-hydrogen) atoms. The van der Waals surface area contributed by atoms with Crippen LogP contribution in [0.3, 0.4) is 0 Å². The van der Waals surface area contributed by atoms with E-state index in [1.165, 1.54) is 6.92 Å². The van der Waals surface area contributed by atoms with Gasteiger partial charge < -0.3 is 14.9 Å². The quantitative estimate of drug-likeness (QED) is 0.370. The molecule has 0 aliphatic carbocycles. The van der Waals surface area contributed by atoms with Crippen molar-refractivity contribution in [2.75, 3.05) is 13.2 Å². The van der Waals surface area contributed by atoms with Crippen LogP contribution in [0.15, 0.2) is 0 Å². The van der Waals surface area contributed by atoms with Crippen LogP contribution >= 0.6 is 0 Å². The van der Waals surface area contributed by atoms with E-state index in [0.717, 1.165) is 0 Å². The first-order chi connectivity index (χ1) is 4.16. The molecule has 0 saturated carbocycles. The van der Waals surface area contributed by atoms with Crippen molar-refractivity contribution in [2.24, 2.45) is 0 Å². The zero-order valence-corrected chi connectivity index (χ0v) is 5.20. The van der Waals surface area contributed by atoms with Crippen LogP contribution in [0, 0.1) is 0 Å². The Balaban J connectivity index is 0. The minimum atomic E-state index is -0.950. The van der Waals surface area contributed by atoms with Gasteiger partial charge in [0.1, 0.15) is 12.7 Å². The van der Waals surface area contributed by atoms with Gasteiger partial charge >= 0.3 is 29.0 Å². The number of hydrogen-bond donors (Lipinski definition) is 2. The molecular formula is C5H12MgO4. The van der Waals surface area contributed by atoms with Crippen LogP contribution in [0.5, 0.6) is 0 Å². The van der Waals surface area contributed by atoms with E-state index in [9.17, 15) is 4.79 Å². The fourth-order valence-corrected chi connectivity index (χ4v) is 0.266. The SMILES string of the molecule is CC(=O)OCC(O)CO.[MgH2]. The Hall–Kier alpha value is 0.156. The summed E-state index contributed by atoms with van der Waals surface area (Å²) in [4.78, 5) is 10.0. The molecule has 0 amide bonds. The first kappa shape index (κ1) is 12.8. The molecule has 0 saturated heterocycles. The maximum Gasteiger partial charge on any atom is 0.316 e. The molecule has 0 radical (unpaired) electrons. The number of hydrogen-bond acceptors (Lipinski definition) is 4. The lowest BCUT2D eigenvalue weighted by Crippen LogP contribution is -2.20. The van der Waals surface area contributed by atoms with Gasteiger partial charge in [0.25, 0.3) is 0 Å². The molecule has 0 fully saturated rings. The van der Waals surface area contributed by atoms with E-state index in [2.05, 4.69) is 4.74 Å². The molecule has 0 aromatic carbocycles. The zero-order valence-electron chi connectivity index (χ0n) is 5.20. The number of aliphatic hydroxyl groups excluding tert-OH is 2. The molecule has 0 spiro atoms. The summed E-state index contributed by atoms with van der Waals surface area (Å²) in [6.45, 7) is 0.725. The Kier molecular flexibility index (Phi) is 9.30. The van der Waals surface area contributed by atoms with E-state index in [0.29, 0.717) is 0 Å². The van der Waals surface area contributed by atoms with Crippen molar-refractivity contribution in [3.05, 3.63) is 0 Å². The van der Waals surface area contributed by atoms with Gasteiger partial charge in [0.05, 0.1) is 6.61 Å². The van der Waals surface area contributed by atoms with Crippen molar-refractivity contribution in [1.82, 2.24) is 0 Å². The van der Waals surface area contributed by atoms with Crippen molar-refractivity contribution < 1.29 is 19.7 Å². The van der Waals surface area contributed by atoms with Crippen molar-refractivity contribution in [3.63, 3.8) is 0 Å². The number of carbonyl (C=O) groups excluding carboxylic acids is 1. The molecule has 1 unspecified atom stereocenters. The zero-order chi connectivity index (χ0) is 7.28. The second-order valence-corrected chi connectivity index (χ2v) is 1.64. The minimum Gasteiger partial charge on any atom is -0.463 e.